The van der Waals surface area contributed by atoms with Crippen LogP contribution in [0.3, 0.4) is 0 Å². The number of benzene rings is 2. The van der Waals surface area contributed by atoms with Crippen molar-refractivity contribution in [3.63, 3.8) is 0 Å². The summed E-state index contributed by atoms with van der Waals surface area (Å²) < 4.78 is 113. The van der Waals surface area contributed by atoms with Gasteiger partial charge in [0.05, 0.1) is 6.54 Å². The molecule has 17 heteroatoms. The van der Waals surface area contributed by atoms with E-state index in [9.17, 15) is 48.0 Å². The second kappa shape index (κ2) is 14.6. The van der Waals surface area contributed by atoms with Crippen LogP contribution in [0.15, 0.2) is 79.4 Å². The maximum Gasteiger partial charge on any atom is 0.480 e. The average Bonchev–Trinajstić information content (AvgIpc) is 3.37. The molecule has 1 aromatic heterocycles. The number of halogens is 6. The largest absolute Gasteiger partial charge is 0.480 e. The number of rotatable bonds is 11. The molecule has 0 unspecified atom stereocenters. The van der Waals surface area contributed by atoms with Crippen LogP contribution in [0, 0.1) is 0 Å². The van der Waals surface area contributed by atoms with Crippen LogP contribution in [0.5, 0.6) is 0 Å². The van der Waals surface area contributed by atoms with E-state index in [-0.39, 0.29) is 11.9 Å². The number of imidazole rings is 1. The van der Waals surface area contributed by atoms with Crippen molar-refractivity contribution in [2.24, 2.45) is 0 Å². The maximum absolute atomic E-state index is 13.0. The standard InChI is InChI=1S/C23H27N3O.C2F6NO4S2/c1-2-3-14-25-15-16-26(19-25)22(17-20-10-6-4-7-11-20)23(27)24-18-21-12-8-5-9-13-21;3-1(4,5)14(10,11)9-15(12,13)2(6,7)8/h4-13,15-16,19,22H,2-3,14,17-18H2,1H3;/q;-1/p+1/t22-;/m0./s1. The van der Waals surface area contributed by atoms with Crippen LogP contribution in [0.4, 0.5) is 26.3 Å². The van der Waals surface area contributed by atoms with E-state index in [4.69, 9.17) is 0 Å². The SMILES string of the molecule is CCCC[n+]1ccn([C@@H](Cc2ccccc2)C(=O)NCc2ccccc2)c1.O=S(=O)([N-]S(=O)(=O)C(F)(F)F)C(F)(F)F. The van der Waals surface area contributed by atoms with Crippen molar-refractivity contribution in [2.45, 2.75) is 56.3 Å². The van der Waals surface area contributed by atoms with Crippen LogP contribution in [-0.2, 0) is 44.4 Å². The predicted molar refractivity (Wildman–Crippen MR) is 140 cm³/mol. The number of sulfonamides is 2. The molecule has 0 aliphatic carbocycles. The first-order chi connectivity index (χ1) is 19.5. The Balaban J connectivity index is 0.000000351. The lowest BCUT2D eigenvalue weighted by Gasteiger charge is -2.22. The number of aromatic nitrogens is 2. The van der Waals surface area contributed by atoms with E-state index in [0.29, 0.717) is 13.0 Å². The van der Waals surface area contributed by atoms with Crippen molar-refractivity contribution in [3.05, 3.63) is 94.6 Å². The number of amides is 1. The molecule has 42 heavy (non-hydrogen) atoms. The van der Waals surface area contributed by atoms with Crippen molar-refractivity contribution in [3.8, 4) is 0 Å². The molecule has 0 fully saturated rings. The fraction of sp³-hybridized carbons (Fsp3) is 0.360. The first-order valence-corrected chi connectivity index (χ1v) is 15.1. The number of carbonyl (C=O) groups excluding carboxylic acids is 1. The van der Waals surface area contributed by atoms with Crippen molar-refractivity contribution in [1.29, 1.82) is 0 Å². The lowest BCUT2D eigenvalue weighted by atomic mass is 10.0. The zero-order valence-corrected chi connectivity index (χ0v) is 23.7. The number of unbranched alkanes of at least 4 members (excludes halogenated alkanes) is 1. The Kier molecular flexibility index (Phi) is 12.1. The topological polar surface area (TPSA) is 120 Å². The van der Waals surface area contributed by atoms with Gasteiger partial charge in [-0.15, -0.1) is 0 Å². The van der Waals surface area contributed by atoms with E-state index in [0.717, 1.165) is 34.6 Å². The molecule has 9 nitrogen and oxygen atoms in total. The van der Waals surface area contributed by atoms with Gasteiger partial charge in [0.2, 0.25) is 6.33 Å². The summed E-state index contributed by atoms with van der Waals surface area (Å²) in [5, 5.41) is 3.10. The van der Waals surface area contributed by atoms with Crippen molar-refractivity contribution < 1.29 is 52.5 Å². The van der Waals surface area contributed by atoms with Crippen LogP contribution >= 0.6 is 0 Å². The van der Waals surface area contributed by atoms with Gasteiger partial charge in [-0.05, 0) is 17.5 Å². The lowest BCUT2D eigenvalue weighted by molar-refractivity contribution is -0.696. The average molecular weight is 643 g/mol. The third-order valence-electron chi connectivity index (χ3n) is 5.51. The molecule has 0 saturated heterocycles. The molecule has 0 radical (unpaired) electrons. The number of nitrogens with zero attached hydrogens (tertiary/aromatic N) is 3. The Morgan fingerprint density at radius 2 is 1.38 bits per heavy atom. The predicted octanol–water partition coefficient (Wildman–Crippen LogP) is 4.74. The Morgan fingerprint density at radius 1 is 0.881 bits per heavy atom. The smallest absolute Gasteiger partial charge is 0.421 e. The fourth-order valence-corrected chi connectivity index (χ4v) is 5.07. The summed E-state index contributed by atoms with van der Waals surface area (Å²) >= 11 is 0. The molecule has 0 bridgehead atoms. The van der Waals surface area contributed by atoms with Crippen molar-refractivity contribution in [2.75, 3.05) is 0 Å². The maximum atomic E-state index is 13.0. The molecule has 232 valence electrons. The summed E-state index contributed by atoms with van der Waals surface area (Å²) in [5.74, 6) is 0.0425. The van der Waals surface area contributed by atoms with Crippen LogP contribution in [0.25, 0.3) is 4.13 Å². The molecule has 0 aliphatic rings. The number of hydrogen-bond acceptors (Lipinski definition) is 5. The number of carbonyl (C=O) groups is 1. The summed E-state index contributed by atoms with van der Waals surface area (Å²) in [7, 11) is -13.4. The molecular formula is C25H28F6N4O5S2. The molecule has 0 saturated carbocycles. The number of aryl methyl sites for hydroxylation is 1. The summed E-state index contributed by atoms with van der Waals surface area (Å²) in [4.78, 5) is 13.0. The van der Waals surface area contributed by atoms with E-state index < -0.39 is 31.1 Å². The van der Waals surface area contributed by atoms with Gasteiger partial charge < -0.3 is 9.44 Å². The van der Waals surface area contributed by atoms with E-state index in [1.54, 1.807) is 0 Å². The zero-order valence-electron chi connectivity index (χ0n) is 22.1. The van der Waals surface area contributed by atoms with E-state index in [1.165, 1.54) is 0 Å². The zero-order chi connectivity index (χ0) is 31.6. The first-order valence-electron chi connectivity index (χ1n) is 12.3. The van der Waals surface area contributed by atoms with Gasteiger partial charge in [0.25, 0.3) is 5.91 Å². The van der Waals surface area contributed by atoms with Crippen LogP contribution in [0.2, 0.25) is 0 Å². The number of hydrogen-bond donors (Lipinski definition) is 1. The lowest BCUT2D eigenvalue weighted by Crippen LogP contribution is -2.35. The third-order valence-corrected chi connectivity index (χ3v) is 8.25. The highest BCUT2D eigenvalue weighted by Gasteiger charge is 2.47. The Hall–Kier alpha value is -3.44. The molecule has 3 aromatic rings. The van der Waals surface area contributed by atoms with E-state index in [2.05, 4.69) is 35.1 Å². The van der Waals surface area contributed by atoms with Crippen LogP contribution < -0.4 is 9.88 Å². The monoisotopic (exact) mass is 642 g/mol. The second-order valence-electron chi connectivity index (χ2n) is 8.78. The third kappa shape index (κ3) is 10.4. The first kappa shape index (κ1) is 34.8. The number of alkyl halides is 6. The molecule has 1 heterocycles. The molecule has 0 aliphatic heterocycles. The Labute approximate surface area is 239 Å². The minimum atomic E-state index is -6.72. The minimum absolute atomic E-state index is 0.0425. The summed E-state index contributed by atoms with van der Waals surface area (Å²) in [6.45, 7) is 3.71. The molecule has 0 spiro atoms. The molecule has 1 atom stereocenters. The summed E-state index contributed by atoms with van der Waals surface area (Å²) in [5.41, 5.74) is -10.1. The van der Waals surface area contributed by atoms with Gasteiger partial charge in [-0.25, -0.2) is 26.0 Å². The van der Waals surface area contributed by atoms with E-state index in [1.807, 2.05) is 65.6 Å². The van der Waals surface area contributed by atoms with Gasteiger partial charge in [0.15, 0.2) is 26.1 Å². The van der Waals surface area contributed by atoms with Gasteiger partial charge in [0.1, 0.15) is 12.4 Å². The van der Waals surface area contributed by atoms with Crippen molar-refractivity contribution >= 4 is 26.0 Å². The highest BCUT2D eigenvalue weighted by Crippen LogP contribution is 2.36. The molecule has 1 N–H and O–H groups in total. The fourth-order valence-electron chi connectivity index (χ4n) is 3.36. The van der Waals surface area contributed by atoms with Gasteiger partial charge in [-0.3, -0.25) is 4.79 Å². The number of nitrogens with one attached hydrogen (secondary N) is 1. The van der Waals surface area contributed by atoms with E-state index >= 15 is 0 Å². The van der Waals surface area contributed by atoms with Crippen LogP contribution in [0.1, 0.15) is 36.9 Å². The molecular weight excluding hydrogens is 614 g/mol. The van der Waals surface area contributed by atoms with Gasteiger partial charge in [-0.2, -0.15) is 26.3 Å². The minimum Gasteiger partial charge on any atom is -0.421 e. The summed E-state index contributed by atoms with van der Waals surface area (Å²) in [6.07, 6.45) is 9.07. The Morgan fingerprint density at radius 3 is 1.86 bits per heavy atom. The summed E-state index contributed by atoms with van der Waals surface area (Å²) in [6, 6.07) is 20.0. The van der Waals surface area contributed by atoms with Gasteiger partial charge >= 0.3 is 11.0 Å². The normalized spacial score (nSPS) is 13.1. The van der Waals surface area contributed by atoms with Gasteiger partial charge in [-0.1, -0.05) is 74.0 Å². The van der Waals surface area contributed by atoms with Crippen LogP contribution in [-0.4, -0.2) is 38.3 Å². The highest BCUT2D eigenvalue weighted by atomic mass is 32.3. The Bertz CT molecular complexity index is 1450. The molecule has 2 aromatic carbocycles. The van der Waals surface area contributed by atoms with Crippen molar-refractivity contribution in [1.82, 2.24) is 9.88 Å². The highest BCUT2D eigenvalue weighted by molar-refractivity contribution is 8.13. The van der Waals surface area contributed by atoms with Gasteiger partial charge in [0, 0.05) is 13.0 Å². The molecule has 3 rings (SSSR count). The second-order valence-corrected chi connectivity index (χ2v) is 12.2. The molecule has 1 amide bonds. The quantitative estimate of drug-likeness (QED) is 0.240.